The summed E-state index contributed by atoms with van der Waals surface area (Å²) in [6.07, 6.45) is 3.03. The molecule has 2 aromatic rings. The van der Waals surface area contributed by atoms with Gasteiger partial charge in [-0.2, -0.15) is 4.31 Å². The summed E-state index contributed by atoms with van der Waals surface area (Å²) < 4.78 is 31.9. The number of morpholine rings is 1. The van der Waals surface area contributed by atoms with E-state index in [1.807, 2.05) is 6.92 Å². The van der Waals surface area contributed by atoms with Crippen LogP contribution in [-0.2, 0) is 19.6 Å². The lowest BCUT2D eigenvalue weighted by molar-refractivity contribution is -0.117. The van der Waals surface area contributed by atoms with Crippen molar-refractivity contribution in [2.45, 2.75) is 17.9 Å². The zero-order valence-corrected chi connectivity index (χ0v) is 18.7. The maximum Gasteiger partial charge on any atom is 0.244 e. The van der Waals surface area contributed by atoms with Crippen molar-refractivity contribution in [3.05, 3.63) is 69.7 Å². The molecule has 1 amide bonds. The number of carbonyl (C=O) groups excluding carboxylic acids is 1. The second-order valence-corrected chi connectivity index (χ2v) is 9.57. The highest BCUT2D eigenvalue weighted by Gasteiger charge is 2.25. The normalized spacial score (nSPS) is 16.5. The molecule has 160 valence electrons. The fourth-order valence-corrected chi connectivity index (χ4v) is 4.70. The average Bonchev–Trinajstić information content (AvgIpc) is 2.75. The minimum atomic E-state index is -3.53. The fraction of sp³-hybridized carbons (Fsp3) is 0.286. The molecule has 3 rings (SSSR count). The topological polar surface area (TPSA) is 75.7 Å². The first-order chi connectivity index (χ1) is 14.3. The summed E-state index contributed by atoms with van der Waals surface area (Å²) in [5.74, 6) is -0.279. The van der Waals surface area contributed by atoms with E-state index in [4.69, 9.17) is 27.9 Å². The molecule has 0 saturated carbocycles. The number of hydrogen-bond acceptors (Lipinski definition) is 4. The van der Waals surface area contributed by atoms with Crippen molar-refractivity contribution in [3.8, 4) is 0 Å². The molecule has 0 radical (unpaired) electrons. The molecular weight excluding hydrogens is 447 g/mol. The molecule has 1 aliphatic rings. The van der Waals surface area contributed by atoms with Crippen LogP contribution in [0, 0.1) is 0 Å². The highest BCUT2D eigenvalue weighted by Crippen LogP contribution is 2.25. The van der Waals surface area contributed by atoms with E-state index in [1.165, 1.54) is 10.4 Å². The molecule has 1 unspecified atom stereocenters. The van der Waals surface area contributed by atoms with Crippen molar-refractivity contribution in [2.75, 3.05) is 26.3 Å². The van der Waals surface area contributed by atoms with Crippen molar-refractivity contribution in [3.63, 3.8) is 0 Å². The lowest BCUT2D eigenvalue weighted by Gasteiger charge is -2.26. The number of ether oxygens (including phenoxy) is 1. The van der Waals surface area contributed by atoms with Gasteiger partial charge in [0.05, 0.1) is 34.2 Å². The summed E-state index contributed by atoms with van der Waals surface area (Å²) in [4.78, 5) is 12.4. The lowest BCUT2D eigenvalue weighted by atomic mass is 10.1. The number of nitrogens with zero attached hydrogens (tertiary/aromatic N) is 1. The van der Waals surface area contributed by atoms with E-state index < -0.39 is 10.0 Å². The van der Waals surface area contributed by atoms with Crippen molar-refractivity contribution >= 4 is 45.2 Å². The number of hydrogen-bond donors (Lipinski definition) is 1. The maximum atomic E-state index is 12.6. The third-order valence-electron chi connectivity index (χ3n) is 4.72. The van der Waals surface area contributed by atoms with Crippen molar-refractivity contribution in [1.82, 2.24) is 9.62 Å². The highest BCUT2D eigenvalue weighted by molar-refractivity contribution is 7.89. The van der Waals surface area contributed by atoms with Gasteiger partial charge in [-0.25, -0.2) is 8.42 Å². The van der Waals surface area contributed by atoms with Gasteiger partial charge < -0.3 is 10.1 Å². The SMILES string of the molecule is CC(NC(=O)/C=C/c1ccc(S(=O)(=O)N2CCOCC2)cc1)c1ccc(Cl)c(Cl)c1. The number of amides is 1. The Balaban J connectivity index is 1.61. The molecule has 1 fully saturated rings. The van der Waals surface area contributed by atoms with Crippen LogP contribution in [-0.4, -0.2) is 44.9 Å². The predicted molar refractivity (Wildman–Crippen MR) is 118 cm³/mol. The zero-order valence-electron chi connectivity index (χ0n) is 16.3. The average molecular weight is 469 g/mol. The van der Waals surface area contributed by atoms with Crippen LogP contribution in [0.4, 0.5) is 0 Å². The zero-order chi connectivity index (χ0) is 21.7. The van der Waals surface area contributed by atoms with Crippen LogP contribution < -0.4 is 5.32 Å². The summed E-state index contributed by atoms with van der Waals surface area (Å²) in [5.41, 5.74) is 1.55. The Morgan fingerprint density at radius 3 is 2.40 bits per heavy atom. The van der Waals surface area contributed by atoms with Gasteiger partial charge >= 0.3 is 0 Å². The number of sulfonamides is 1. The molecule has 6 nitrogen and oxygen atoms in total. The quantitative estimate of drug-likeness (QED) is 0.652. The van der Waals surface area contributed by atoms with Gasteiger partial charge in [0.15, 0.2) is 0 Å². The van der Waals surface area contributed by atoms with Crippen LogP contribution in [0.5, 0.6) is 0 Å². The Morgan fingerprint density at radius 2 is 1.77 bits per heavy atom. The first-order valence-electron chi connectivity index (χ1n) is 9.39. The van der Waals surface area contributed by atoms with E-state index in [1.54, 1.807) is 48.5 Å². The molecule has 0 bridgehead atoms. The minimum absolute atomic E-state index is 0.222. The highest BCUT2D eigenvalue weighted by atomic mass is 35.5. The Bertz CT molecular complexity index is 1030. The molecule has 1 saturated heterocycles. The summed E-state index contributed by atoms with van der Waals surface area (Å²) in [5, 5.41) is 3.73. The maximum absolute atomic E-state index is 12.6. The Labute approximate surface area is 186 Å². The third-order valence-corrected chi connectivity index (χ3v) is 7.37. The van der Waals surface area contributed by atoms with Crippen molar-refractivity contribution in [2.24, 2.45) is 0 Å². The molecule has 0 spiro atoms. The van der Waals surface area contributed by atoms with E-state index in [2.05, 4.69) is 5.32 Å². The summed E-state index contributed by atoms with van der Waals surface area (Å²) in [7, 11) is -3.53. The smallest absolute Gasteiger partial charge is 0.244 e. The van der Waals surface area contributed by atoms with E-state index in [0.717, 1.165) is 5.56 Å². The largest absolute Gasteiger partial charge is 0.379 e. The monoisotopic (exact) mass is 468 g/mol. The van der Waals surface area contributed by atoms with Gasteiger partial charge in [-0.1, -0.05) is 41.4 Å². The molecule has 0 aliphatic carbocycles. The standard InChI is InChI=1S/C21H22Cl2N2O4S/c1-15(17-5-8-19(22)20(23)14-17)24-21(26)9-4-16-2-6-18(7-3-16)30(27,28)25-10-12-29-13-11-25/h2-9,14-15H,10-13H2,1H3,(H,24,26)/b9-4+. The van der Waals surface area contributed by atoms with Crippen LogP contribution in [0.1, 0.15) is 24.1 Å². The first-order valence-corrected chi connectivity index (χ1v) is 11.6. The van der Waals surface area contributed by atoms with Gasteiger partial charge in [0.25, 0.3) is 0 Å². The summed E-state index contributed by atoms with van der Waals surface area (Å²) >= 11 is 11.9. The number of nitrogens with one attached hydrogen (secondary N) is 1. The Kier molecular flexibility index (Phi) is 7.55. The van der Waals surface area contributed by atoms with Gasteiger partial charge in [-0.3, -0.25) is 4.79 Å². The first kappa shape index (κ1) is 22.8. The molecule has 0 aromatic heterocycles. The summed E-state index contributed by atoms with van der Waals surface area (Å²) in [6, 6.07) is 11.4. The summed E-state index contributed by atoms with van der Waals surface area (Å²) in [6.45, 7) is 3.34. The van der Waals surface area contributed by atoms with Crippen LogP contribution in [0.25, 0.3) is 6.08 Å². The second kappa shape index (κ2) is 9.94. The van der Waals surface area contributed by atoms with Crippen molar-refractivity contribution in [1.29, 1.82) is 0 Å². The van der Waals surface area contributed by atoms with Gasteiger partial charge in [-0.15, -0.1) is 0 Å². The van der Waals surface area contributed by atoms with Crippen molar-refractivity contribution < 1.29 is 17.9 Å². The number of rotatable bonds is 6. The molecule has 1 heterocycles. The van der Waals surface area contributed by atoms with Crippen LogP contribution in [0.3, 0.4) is 0 Å². The van der Waals surface area contributed by atoms with Crippen LogP contribution in [0.15, 0.2) is 53.4 Å². The third kappa shape index (κ3) is 5.62. The second-order valence-electron chi connectivity index (χ2n) is 6.82. The van der Waals surface area contributed by atoms with E-state index in [9.17, 15) is 13.2 Å². The van der Waals surface area contributed by atoms with E-state index >= 15 is 0 Å². The molecular formula is C21H22Cl2N2O4S. The van der Waals surface area contributed by atoms with E-state index in [-0.39, 0.29) is 16.8 Å². The van der Waals surface area contributed by atoms with Gasteiger partial charge in [0.2, 0.25) is 15.9 Å². The Hall–Kier alpha value is -1.90. The minimum Gasteiger partial charge on any atom is -0.379 e. The molecule has 30 heavy (non-hydrogen) atoms. The van der Waals surface area contributed by atoms with Gasteiger partial charge in [0.1, 0.15) is 0 Å². The van der Waals surface area contributed by atoms with Crippen LogP contribution in [0.2, 0.25) is 10.0 Å². The Morgan fingerprint density at radius 1 is 1.10 bits per heavy atom. The van der Waals surface area contributed by atoms with Crippen LogP contribution >= 0.6 is 23.2 Å². The molecule has 1 aliphatic heterocycles. The number of halogens is 2. The number of carbonyl (C=O) groups is 1. The molecule has 9 heteroatoms. The van der Waals surface area contributed by atoms with Gasteiger partial charge in [0, 0.05) is 19.2 Å². The van der Waals surface area contributed by atoms with E-state index in [0.29, 0.717) is 41.9 Å². The fourth-order valence-electron chi connectivity index (χ4n) is 2.99. The lowest BCUT2D eigenvalue weighted by Crippen LogP contribution is -2.40. The molecule has 2 aromatic carbocycles. The molecule has 1 N–H and O–H groups in total. The predicted octanol–water partition coefficient (Wildman–Crippen LogP) is 3.90. The molecule has 1 atom stereocenters. The van der Waals surface area contributed by atoms with Gasteiger partial charge in [-0.05, 0) is 48.4 Å². The number of benzene rings is 2.